The predicted octanol–water partition coefficient (Wildman–Crippen LogP) is 7.56. The highest BCUT2D eigenvalue weighted by atomic mass is 16.5. The van der Waals surface area contributed by atoms with Gasteiger partial charge >= 0.3 is 5.97 Å². The number of anilines is 1. The van der Waals surface area contributed by atoms with E-state index in [-0.39, 0.29) is 18.1 Å². The molecule has 5 rings (SSSR count). The highest BCUT2D eigenvalue weighted by molar-refractivity contribution is 6.06. The van der Waals surface area contributed by atoms with Crippen molar-refractivity contribution in [3.8, 4) is 0 Å². The van der Waals surface area contributed by atoms with Gasteiger partial charge in [-0.3, -0.25) is 9.79 Å². The Hall–Kier alpha value is -4.18. The number of ether oxygens (including phenoxy) is 1. The first-order valence-corrected chi connectivity index (χ1v) is 12.7. The molecule has 1 aliphatic rings. The zero-order chi connectivity index (χ0) is 25.8. The molecule has 0 amide bonds. The lowest BCUT2D eigenvalue weighted by Gasteiger charge is -2.48. The van der Waals surface area contributed by atoms with Crippen molar-refractivity contribution in [2.75, 3.05) is 12.0 Å². The predicted molar refractivity (Wildman–Crippen MR) is 150 cm³/mol. The first-order valence-electron chi connectivity index (χ1n) is 12.7. The van der Waals surface area contributed by atoms with Crippen LogP contribution in [0.25, 0.3) is 0 Å². The Kier molecular flexibility index (Phi) is 7.18. The molecule has 0 saturated carbocycles. The minimum Gasteiger partial charge on any atom is -0.468 e. The van der Waals surface area contributed by atoms with Crippen LogP contribution in [-0.4, -0.2) is 18.8 Å². The van der Waals surface area contributed by atoms with E-state index in [1.54, 1.807) is 0 Å². The third-order valence-corrected chi connectivity index (χ3v) is 7.13. The van der Waals surface area contributed by atoms with Crippen LogP contribution in [-0.2, 0) is 9.53 Å². The Morgan fingerprint density at radius 1 is 0.757 bits per heavy atom. The van der Waals surface area contributed by atoms with Crippen LogP contribution in [0.4, 0.5) is 11.4 Å². The molecule has 4 nitrogen and oxygen atoms in total. The van der Waals surface area contributed by atoms with Crippen LogP contribution in [0.3, 0.4) is 0 Å². The number of hydrogen-bond donors (Lipinski definition) is 0. The SMILES string of the molecule is COC(=O)C1C(=Nc2ccc(C)cc2)CC(c2ccccc2)N(c2ccc(C)cc2)C1c1ccccc1. The molecule has 0 N–H and O–H groups in total. The van der Waals surface area contributed by atoms with Crippen LogP contribution in [0.5, 0.6) is 0 Å². The molecule has 0 radical (unpaired) electrons. The van der Waals surface area contributed by atoms with Crippen LogP contribution in [0.1, 0.15) is 40.8 Å². The van der Waals surface area contributed by atoms with E-state index < -0.39 is 5.92 Å². The number of aliphatic imine (C=N–C) groups is 1. The average Bonchev–Trinajstić information content (AvgIpc) is 2.94. The van der Waals surface area contributed by atoms with E-state index in [2.05, 4.69) is 91.5 Å². The monoisotopic (exact) mass is 488 g/mol. The van der Waals surface area contributed by atoms with Crippen LogP contribution in [0, 0.1) is 19.8 Å². The maximum absolute atomic E-state index is 13.5. The van der Waals surface area contributed by atoms with Gasteiger partial charge in [-0.05, 0) is 49.2 Å². The average molecular weight is 489 g/mol. The van der Waals surface area contributed by atoms with Gasteiger partial charge in [0.2, 0.25) is 0 Å². The lowest BCUT2D eigenvalue weighted by molar-refractivity contribution is -0.144. The minimum atomic E-state index is -0.560. The molecule has 3 unspecified atom stereocenters. The number of hydrogen-bond acceptors (Lipinski definition) is 4. The summed E-state index contributed by atoms with van der Waals surface area (Å²) in [4.78, 5) is 21.0. The van der Waals surface area contributed by atoms with E-state index in [9.17, 15) is 4.79 Å². The summed E-state index contributed by atoms with van der Waals surface area (Å²) in [6.45, 7) is 4.15. The second kappa shape index (κ2) is 10.8. The summed E-state index contributed by atoms with van der Waals surface area (Å²) in [7, 11) is 1.47. The second-order valence-corrected chi connectivity index (χ2v) is 9.67. The van der Waals surface area contributed by atoms with Crippen molar-refractivity contribution in [2.45, 2.75) is 32.4 Å². The van der Waals surface area contributed by atoms with Gasteiger partial charge in [-0.15, -0.1) is 0 Å². The highest BCUT2D eigenvalue weighted by Gasteiger charge is 2.46. The molecule has 0 spiro atoms. The highest BCUT2D eigenvalue weighted by Crippen LogP contribution is 2.47. The molecule has 37 heavy (non-hydrogen) atoms. The summed E-state index contributed by atoms with van der Waals surface area (Å²) in [5.74, 6) is -0.835. The number of piperidine rings is 1. The molecule has 1 fully saturated rings. The van der Waals surface area contributed by atoms with Gasteiger partial charge in [0.05, 0.1) is 24.9 Å². The first kappa shape index (κ1) is 24.5. The van der Waals surface area contributed by atoms with Gasteiger partial charge in [-0.2, -0.15) is 0 Å². The van der Waals surface area contributed by atoms with Crippen molar-refractivity contribution in [3.63, 3.8) is 0 Å². The summed E-state index contributed by atoms with van der Waals surface area (Å²) in [5.41, 5.74) is 7.35. The lowest BCUT2D eigenvalue weighted by Crippen LogP contribution is -2.49. The molecule has 1 aliphatic heterocycles. The molecule has 4 aromatic rings. The maximum Gasteiger partial charge on any atom is 0.316 e. The molecule has 1 saturated heterocycles. The number of rotatable bonds is 5. The first-order chi connectivity index (χ1) is 18.0. The molecular weight excluding hydrogens is 456 g/mol. The summed E-state index contributed by atoms with van der Waals surface area (Å²) >= 11 is 0. The van der Waals surface area contributed by atoms with E-state index >= 15 is 0 Å². The number of nitrogens with zero attached hydrogens (tertiary/aromatic N) is 2. The Bertz CT molecular complexity index is 1360. The third-order valence-electron chi connectivity index (χ3n) is 7.13. The number of aryl methyl sites for hydroxylation is 2. The van der Waals surface area contributed by atoms with E-state index in [0.29, 0.717) is 6.42 Å². The standard InChI is InChI=1S/C33H32N2O2/c1-23-14-18-27(19-15-23)34-29-22-30(25-10-6-4-7-11-25)35(28-20-16-24(2)17-21-28)32(31(29)33(36)37-3)26-12-8-5-9-13-26/h4-21,30-32H,22H2,1-3H3. The molecular formula is C33H32N2O2. The van der Waals surface area contributed by atoms with E-state index in [4.69, 9.17) is 9.73 Å². The Labute approximate surface area is 219 Å². The molecule has 0 aromatic heterocycles. The number of carbonyl (C=O) groups excluding carboxylic acids is 1. The lowest BCUT2D eigenvalue weighted by atomic mass is 9.77. The summed E-state index contributed by atoms with van der Waals surface area (Å²) in [6.07, 6.45) is 0.606. The summed E-state index contributed by atoms with van der Waals surface area (Å²) in [5, 5.41) is 0. The van der Waals surface area contributed by atoms with Gasteiger partial charge in [-0.1, -0.05) is 96.1 Å². The van der Waals surface area contributed by atoms with Gasteiger partial charge in [0.25, 0.3) is 0 Å². The molecule has 0 bridgehead atoms. The second-order valence-electron chi connectivity index (χ2n) is 9.67. The van der Waals surface area contributed by atoms with Crippen LogP contribution >= 0.6 is 0 Å². The number of methoxy groups -OCH3 is 1. The molecule has 186 valence electrons. The quantitative estimate of drug-likeness (QED) is 0.272. The Morgan fingerprint density at radius 3 is 1.86 bits per heavy atom. The molecule has 4 heteroatoms. The summed E-state index contributed by atoms with van der Waals surface area (Å²) < 4.78 is 5.43. The largest absolute Gasteiger partial charge is 0.468 e. The fraction of sp³-hybridized carbons (Fsp3) is 0.212. The third kappa shape index (κ3) is 5.19. The van der Waals surface area contributed by atoms with Gasteiger partial charge in [0.1, 0.15) is 5.92 Å². The van der Waals surface area contributed by atoms with Crippen molar-refractivity contribution >= 4 is 23.1 Å². The van der Waals surface area contributed by atoms with Crippen molar-refractivity contribution in [3.05, 3.63) is 131 Å². The smallest absolute Gasteiger partial charge is 0.316 e. The minimum absolute atomic E-state index is 0.0146. The van der Waals surface area contributed by atoms with Gasteiger partial charge in [-0.25, -0.2) is 0 Å². The number of benzene rings is 4. The zero-order valence-corrected chi connectivity index (χ0v) is 21.5. The Morgan fingerprint density at radius 2 is 1.30 bits per heavy atom. The van der Waals surface area contributed by atoms with Crippen LogP contribution in [0.2, 0.25) is 0 Å². The number of carbonyl (C=O) groups is 1. The van der Waals surface area contributed by atoms with Gasteiger partial charge in [0, 0.05) is 17.8 Å². The fourth-order valence-corrected chi connectivity index (χ4v) is 5.27. The van der Waals surface area contributed by atoms with Gasteiger partial charge in [0.15, 0.2) is 0 Å². The summed E-state index contributed by atoms with van der Waals surface area (Å²) in [6, 6.07) is 37.1. The topological polar surface area (TPSA) is 41.9 Å². The van der Waals surface area contributed by atoms with E-state index in [0.717, 1.165) is 22.6 Å². The van der Waals surface area contributed by atoms with Gasteiger partial charge < -0.3 is 9.64 Å². The zero-order valence-electron chi connectivity index (χ0n) is 21.5. The van der Waals surface area contributed by atoms with E-state index in [1.165, 1.54) is 23.8 Å². The molecule has 0 aliphatic carbocycles. The Balaban J connectivity index is 1.75. The van der Waals surface area contributed by atoms with Crippen molar-refractivity contribution in [1.82, 2.24) is 0 Å². The molecule has 4 aromatic carbocycles. The fourth-order valence-electron chi connectivity index (χ4n) is 5.27. The molecule has 1 heterocycles. The van der Waals surface area contributed by atoms with Crippen LogP contribution in [0.15, 0.2) is 114 Å². The van der Waals surface area contributed by atoms with Crippen LogP contribution < -0.4 is 4.90 Å². The maximum atomic E-state index is 13.5. The number of esters is 1. The van der Waals surface area contributed by atoms with Crippen molar-refractivity contribution in [2.24, 2.45) is 10.9 Å². The molecule has 3 atom stereocenters. The van der Waals surface area contributed by atoms with E-state index in [1.807, 2.05) is 36.4 Å². The van der Waals surface area contributed by atoms with Crippen molar-refractivity contribution in [1.29, 1.82) is 0 Å². The normalized spacial score (nSPS) is 20.6. The van der Waals surface area contributed by atoms with Crippen molar-refractivity contribution < 1.29 is 9.53 Å².